The number of halogens is 1. The Kier molecular flexibility index (Phi) is 5.68. The lowest BCUT2D eigenvalue weighted by Gasteiger charge is -2.61. The number of allylic oxidation sites excluding steroid dienone is 1. The summed E-state index contributed by atoms with van der Waals surface area (Å²) in [5, 5.41) is 11.6. The standard InChI is InChI=1S/C26H39FO4/c1-6-11-26(31-21(30)7-2)15(3)13-18-16-8-9-17-23(27)19(28)10-12-24(17,4)22(16)20(29)14-25(18,26)5/h15-16,18,20,22,29H,6-14H2,1-5H3/t15?,16-,18-,20?,22-,24-,25-,26?/m0/s1. The van der Waals surface area contributed by atoms with Gasteiger partial charge in [-0.3, -0.25) is 9.59 Å². The van der Waals surface area contributed by atoms with Crippen molar-refractivity contribution in [1.29, 1.82) is 0 Å². The average Bonchev–Trinajstić information content (AvgIpc) is 2.92. The number of ketones is 1. The van der Waals surface area contributed by atoms with Crippen LogP contribution in [0.2, 0.25) is 0 Å². The summed E-state index contributed by atoms with van der Waals surface area (Å²) < 4.78 is 21.1. The third-order valence-corrected chi connectivity index (χ3v) is 9.95. The number of hydrogen-bond acceptors (Lipinski definition) is 4. The molecule has 4 rings (SSSR count). The van der Waals surface area contributed by atoms with E-state index in [1.54, 1.807) is 0 Å². The second kappa shape index (κ2) is 7.67. The van der Waals surface area contributed by atoms with Gasteiger partial charge >= 0.3 is 5.97 Å². The molecule has 3 unspecified atom stereocenters. The number of carbonyl (C=O) groups is 2. The van der Waals surface area contributed by atoms with E-state index in [-0.39, 0.29) is 41.3 Å². The van der Waals surface area contributed by atoms with Gasteiger partial charge in [-0.05, 0) is 73.2 Å². The highest BCUT2D eigenvalue weighted by atomic mass is 19.1. The molecule has 4 nitrogen and oxygen atoms in total. The highest BCUT2D eigenvalue weighted by molar-refractivity contribution is 5.95. The molecule has 3 fully saturated rings. The van der Waals surface area contributed by atoms with E-state index in [0.29, 0.717) is 37.2 Å². The minimum Gasteiger partial charge on any atom is -0.458 e. The van der Waals surface area contributed by atoms with Crippen molar-refractivity contribution in [3.63, 3.8) is 0 Å². The zero-order valence-corrected chi connectivity index (χ0v) is 19.8. The van der Waals surface area contributed by atoms with Crippen molar-refractivity contribution >= 4 is 11.8 Å². The van der Waals surface area contributed by atoms with Crippen LogP contribution in [-0.4, -0.2) is 28.6 Å². The van der Waals surface area contributed by atoms with Gasteiger partial charge in [0.1, 0.15) is 5.60 Å². The summed E-state index contributed by atoms with van der Waals surface area (Å²) >= 11 is 0. The highest BCUT2D eigenvalue weighted by Gasteiger charge is 2.70. The summed E-state index contributed by atoms with van der Waals surface area (Å²) in [5.74, 6) is -0.310. The second-order valence-corrected chi connectivity index (χ2v) is 11.3. The van der Waals surface area contributed by atoms with Crippen LogP contribution in [0, 0.1) is 34.5 Å². The monoisotopic (exact) mass is 434 g/mol. The van der Waals surface area contributed by atoms with Crippen molar-refractivity contribution in [1.82, 2.24) is 0 Å². The lowest BCUT2D eigenvalue weighted by Crippen LogP contribution is -2.61. The summed E-state index contributed by atoms with van der Waals surface area (Å²) in [5.41, 5.74) is -0.665. The smallest absolute Gasteiger partial charge is 0.306 e. The third kappa shape index (κ3) is 3.01. The van der Waals surface area contributed by atoms with Gasteiger partial charge in [-0.2, -0.15) is 0 Å². The molecule has 31 heavy (non-hydrogen) atoms. The van der Waals surface area contributed by atoms with E-state index in [1.165, 1.54) is 0 Å². The number of Topliss-reactive ketones (excluding diaryl/α,β-unsaturated/α-hetero) is 1. The van der Waals surface area contributed by atoms with Crippen LogP contribution in [0.25, 0.3) is 0 Å². The predicted molar refractivity (Wildman–Crippen MR) is 117 cm³/mol. The van der Waals surface area contributed by atoms with E-state index in [0.717, 1.165) is 25.7 Å². The Morgan fingerprint density at radius 3 is 2.61 bits per heavy atom. The Balaban J connectivity index is 1.77. The number of aliphatic hydroxyl groups excluding tert-OH is 1. The van der Waals surface area contributed by atoms with Crippen molar-refractivity contribution in [2.45, 2.75) is 104 Å². The zero-order chi connectivity index (χ0) is 22.8. The molecule has 0 aliphatic heterocycles. The molecule has 3 saturated carbocycles. The summed E-state index contributed by atoms with van der Waals surface area (Å²) in [4.78, 5) is 24.6. The molecule has 5 heteroatoms. The number of esters is 1. The van der Waals surface area contributed by atoms with Crippen LogP contribution in [0.3, 0.4) is 0 Å². The zero-order valence-electron chi connectivity index (χ0n) is 19.8. The molecule has 4 aliphatic carbocycles. The summed E-state index contributed by atoms with van der Waals surface area (Å²) in [6.45, 7) is 10.5. The van der Waals surface area contributed by atoms with Crippen molar-refractivity contribution in [3.8, 4) is 0 Å². The first-order valence-corrected chi connectivity index (χ1v) is 12.4. The lowest BCUT2D eigenvalue weighted by atomic mass is 9.45. The van der Waals surface area contributed by atoms with E-state index in [4.69, 9.17) is 4.74 Å². The maximum Gasteiger partial charge on any atom is 0.306 e. The molecule has 0 aromatic carbocycles. The number of aliphatic hydroxyl groups is 1. The lowest BCUT2D eigenvalue weighted by molar-refractivity contribution is -0.207. The number of rotatable bonds is 4. The van der Waals surface area contributed by atoms with E-state index in [1.807, 2.05) is 6.92 Å². The molecule has 4 aliphatic rings. The molecule has 0 spiro atoms. The van der Waals surface area contributed by atoms with E-state index >= 15 is 0 Å². The minimum atomic E-state index is -0.589. The fourth-order valence-electron chi connectivity index (χ4n) is 8.63. The van der Waals surface area contributed by atoms with Gasteiger partial charge in [-0.15, -0.1) is 0 Å². The molecule has 1 N–H and O–H groups in total. The first-order chi connectivity index (χ1) is 14.6. The summed E-state index contributed by atoms with van der Waals surface area (Å²) in [7, 11) is 0. The normalized spacial score (nSPS) is 46.9. The summed E-state index contributed by atoms with van der Waals surface area (Å²) in [6.07, 6.45) is 5.28. The number of ether oxygens (including phenoxy) is 1. The Hall–Kier alpha value is -1.23. The quantitative estimate of drug-likeness (QED) is 0.592. The van der Waals surface area contributed by atoms with Crippen molar-refractivity contribution < 1.29 is 23.8 Å². The molecular weight excluding hydrogens is 395 g/mol. The molecular formula is C26H39FO4. The van der Waals surface area contributed by atoms with Crippen LogP contribution in [0.1, 0.15) is 92.4 Å². The van der Waals surface area contributed by atoms with Crippen LogP contribution < -0.4 is 0 Å². The minimum absolute atomic E-state index is 0.0420. The van der Waals surface area contributed by atoms with Gasteiger partial charge in [0.15, 0.2) is 11.6 Å². The van der Waals surface area contributed by atoms with Gasteiger partial charge in [0.05, 0.1) is 6.10 Å². The van der Waals surface area contributed by atoms with Gasteiger partial charge in [-0.1, -0.05) is 41.0 Å². The average molecular weight is 435 g/mol. The van der Waals surface area contributed by atoms with Crippen LogP contribution in [0.15, 0.2) is 11.4 Å². The van der Waals surface area contributed by atoms with Gasteiger partial charge in [-0.25, -0.2) is 4.39 Å². The first kappa shape index (κ1) is 22.9. The summed E-state index contributed by atoms with van der Waals surface area (Å²) in [6, 6.07) is 0. The van der Waals surface area contributed by atoms with Gasteiger partial charge in [0.25, 0.3) is 0 Å². The van der Waals surface area contributed by atoms with Crippen LogP contribution >= 0.6 is 0 Å². The Morgan fingerprint density at radius 1 is 1.26 bits per heavy atom. The van der Waals surface area contributed by atoms with Gasteiger partial charge in [0.2, 0.25) is 0 Å². The second-order valence-electron chi connectivity index (χ2n) is 11.3. The number of hydrogen-bond donors (Lipinski definition) is 1. The van der Waals surface area contributed by atoms with Crippen molar-refractivity contribution in [3.05, 3.63) is 11.4 Å². The van der Waals surface area contributed by atoms with Crippen LogP contribution in [0.4, 0.5) is 4.39 Å². The molecule has 0 radical (unpaired) electrons. The topological polar surface area (TPSA) is 63.6 Å². The SMILES string of the molecule is CCCC1(OC(=O)CC)C(C)C[C@H]2[C@@H]3CCC4=C(F)C(=O)CC[C@]4(C)[C@@H]3C(O)C[C@@]21C. The predicted octanol–water partition coefficient (Wildman–Crippen LogP) is 5.52. The van der Waals surface area contributed by atoms with E-state index in [2.05, 4.69) is 27.7 Å². The molecule has 8 atom stereocenters. The fraction of sp³-hybridized carbons (Fsp3) is 0.846. The van der Waals surface area contributed by atoms with E-state index < -0.39 is 22.9 Å². The maximum atomic E-state index is 14.8. The number of fused-ring (bicyclic) bond motifs is 5. The first-order valence-electron chi connectivity index (χ1n) is 12.4. The third-order valence-electron chi connectivity index (χ3n) is 9.95. The van der Waals surface area contributed by atoms with Crippen molar-refractivity contribution in [2.24, 2.45) is 34.5 Å². The number of carbonyl (C=O) groups excluding carboxylic acids is 2. The molecule has 0 aromatic rings. The molecule has 174 valence electrons. The fourth-order valence-corrected chi connectivity index (χ4v) is 8.63. The largest absolute Gasteiger partial charge is 0.458 e. The van der Waals surface area contributed by atoms with Gasteiger partial charge in [0, 0.05) is 18.3 Å². The molecule has 0 bridgehead atoms. The highest BCUT2D eigenvalue weighted by Crippen LogP contribution is 2.70. The maximum absolute atomic E-state index is 14.8. The Morgan fingerprint density at radius 2 is 1.97 bits per heavy atom. The van der Waals surface area contributed by atoms with Crippen LogP contribution in [-0.2, 0) is 14.3 Å². The Labute approximate surface area is 186 Å². The van der Waals surface area contributed by atoms with E-state index in [9.17, 15) is 19.1 Å². The molecule has 0 aromatic heterocycles. The molecule has 0 saturated heterocycles. The molecule has 0 amide bonds. The van der Waals surface area contributed by atoms with Gasteiger partial charge < -0.3 is 9.84 Å². The Bertz CT molecular complexity index is 805. The van der Waals surface area contributed by atoms with Crippen molar-refractivity contribution in [2.75, 3.05) is 0 Å². The molecule has 0 heterocycles. The van der Waals surface area contributed by atoms with Crippen LogP contribution in [0.5, 0.6) is 0 Å².